The molecule has 0 radical (unpaired) electrons. The molecule has 5 nitrogen and oxygen atoms in total. The molecule has 0 atom stereocenters. The Kier molecular flexibility index (Phi) is 98.6. The molecule has 0 bridgehead atoms. The molecule has 11 heteroatoms. The van der Waals surface area contributed by atoms with E-state index in [1.807, 2.05) is 0 Å². The molecule has 0 fully saturated rings. The Morgan fingerprint density at radius 3 is 0.909 bits per heavy atom. The number of rotatable bonds is 0. The SMILES string of the molecule is [Ba+2].[Ca+2].[Mg+2].[O-2].[O-][Si]([O-])([O-])[O-].[Sr+2].[Zn+2]. The molecule has 0 heterocycles. The molecule has 0 amide bonds. The second-order valence-corrected chi connectivity index (χ2v) is 1.50. The molecular weight excluding hydrogens is 463 g/mol. The van der Waals surface area contributed by atoms with Gasteiger partial charge in [-0.3, -0.25) is 0 Å². The zero-order valence-corrected chi connectivity index (χ0v) is 21.6. The van der Waals surface area contributed by atoms with E-state index in [-0.39, 0.29) is 180 Å². The van der Waals surface area contributed by atoms with E-state index in [1.165, 1.54) is 0 Å². The quantitative estimate of drug-likeness (QED) is 0.332. The normalized spacial score (nSPS) is 5.45. The second-order valence-electron chi connectivity index (χ2n) is 0.500. The summed E-state index contributed by atoms with van der Waals surface area (Å²) in [7, 11) is -5.61. The van der Waals surface area contributed by atoms with Crippen molar-refractivity contribution in [3.63, 3.8) is 0 Å². The third-order valence-corrected chi connectivity index (χ3v) is 0. The van der Waals surface area contributed by atoms with Gasteiger partial charge in [0.1, 0.15) is 0 Å². The summed E-state index contributed by atoms with van der Waals surface area (Å²) in [6.45, 7) is 0. The largest absolute Gasteiger partial charge is 2.00 e. The van der Waals surface area contributed by atoms with Crippen molar-refractivity contribution >= 4 is 164 Å². The molecule has 0 N–H and O–H groups in total. The Morgan fingerprint density at radius 2 is 0.909 bits per heavy atom. The Labute approximate surface area is 202 Å². The standard InChI is InChI=1S/Ba.Ca.Mg.O4Si.O.Sr.Zn/c;;;1-5(2,3)4;;;/q3*+2;-4;-2;2*+2. The van der Waals surface area contributed by atoms with E-state index < -0.39 is 9.05 Å². The summed E-state index contributed by atoms with van der Waals surface area (Å²) in [4.78, 5) is 34.3. The summed E-state index contributed by atoms with van der Waals surface area (Å²) in [5.41, 5.74) is 0. The van der Waals surface area contributed by atoms with Gasteiger partial charge in [0, 0.05) is 0 Å². The zero-order chi connectivity index (χ0) is 4.50. The minimum absolute atomic E-state index is 0. The maximum atomic E-state index is 8.58. The van der Waals surface area contributed by atoms with Crippen molar-refractivity contribution in [3.8, 4) is 0 Å². The van der Waals surface area contributed by atoms with Gasteiger partial charge in [0.15, 0.2) is 0 Å². The van der Waals surface area contributed by atoms with Crippen LogP contribution in [0.15, 0.2) is 0 Å². The van der Waals surface area contributed by atoms with Crippen LogP contribution in [0.5, 0.6) is 0 Å². The first kappa shape index (κ1) is 43.7. The molecule has 0 aliphatic carbocycles. The van der Waals surface area contributed by atoms with Crippen molar-refractivity contribution in [3.05, 3.63) is 0 Å². The van der Waals surface area contributed by atoms with Crippen LogP contribution in [0.2, 0.25) is 0 Å². The van der Waals surface area contributed by atoms with Crippen LogP contribution in [0.1, 0.15) is 0 Å². The van der Waals surface area contributed by atoms with Crippen LogP contribution in [-0.4, -0.2) is 164 Å². The topological polar surface area (TPSA) is 121 Å². The van der Waals surface area contributed by atoms with Gasteiger partial charge in [0.05, 0.1) is 0 Å². The van der Waals surface area contributed by atoms with Crippen LogP contribution in [-0.2, 0) is 25.0 Å². The van der Waals surface area contributed by atoms with Crippen LogP contribution in [0.3, 0.4) is 0 Å². The average Bonchev–Trinajstić information content (AvgIpc) is 0.722. The van der Waals surface area contributed by atoms with Crippen molar-refractivity contribution in [2.75, 3.05) is 0 Å². The van der Waals surface area contributed by atoms with Crippen LogP contribution in [0.4, 0.5) is 0 Å². The van der Waals surface area contributed by atoms with Gasteiger partial charge in [-0.2, -0.15) is 0 Å². The summed E-state index contributed by atoms with van der Waals surface area (Å²) in [5, 5.41) is 0. The van der Waals surface area contributed by atoms with Gasteiger partial charge >= 0.3 is 175 Å². The third kappa shape index (κ3) is 90.5. The molecule has 0 aromatic carbocycles. The monoisotopic (exact) mass is 462 g/mol. The van der Waals surface area contributed by atoms with E-state index in [1.54, 1.807) is 0 Å². The average molecular weight is 463 g/mol. The van der Waals surface area contributed by atoms with Gasteiger partial charge in [0.25, 0.3) is 0 Å². The van der Waals surface area contributed by atoms with E-state index in [0.29, 0.717) is 0 Å². The molecule has 0 aliphatic rings. The summed E-state index contributed by atoms with van der Waals surface area (Å²) in [5.74, 6) is 0. The number of hydrogen-bond acceptors (Lipinski definition) is 4. The fraction of sp³-hybridized carbons (Fsp3) is 0. The van der Waals surface area contributed by atoms with E-state index in [0.717, 1.165) is 0 Å². The molecule has 40 valence electrons. The molecule has 0 aromatic rings. The van der Waals surface area contributed by atoms with Gasteiger partial charge in [-0.15, -0.1) is 0 Å². The maximum absolute atomic E-state index is 8.58. The fourth-order valence-electron chi connectivity index (χ4n) is 0. The Hall–Kier alpha value is 5.72. The Morgan fingerprint density at radius 1 is 0.909 bits per heavy atom. The Bertz CT molecular complexity index is 42.0. The van der Waals surface area contributed by atoms with Gasteiger partial charge in [-0.1, -0.05) is 0 Å². The second kappa shape index (κ2) is 24.8. The van der Waals surface area contributed by atoms with E-state index >= 15 is 0 Å². The molecule has 0 aliphatic heterocycles. The zero-order valence-electron chi connectivity index (χ0n) is 6.08. The Balaban J connectivity index is -0.00000000533. The predicted molar refractivity (Wildman–Crippen MR) is 29.5 cm³/mol. The maximum Gasteiger partial charge on any atom is 2.00 e. The predicted octanol–water partition coefficient (Wildman–Crippen LogP) is -6.78. The third-order valence-electron chi connectivity index (χ3n) is 0. The van der Waals surface area contributed by atoms with Crippen molar-refractivity contribution in [1.29, 1.82) is 0 Å². The first-order chi connectivity index (χ1) is 2.00. The van der Waals surface area contributed by atoms with E-state index in [2.05, 4.69) is 0 Å². The van der Waals surface area contributed by atoms with Crippen molar-refractivity contribution in [2.24, 2.45) is 0 Å². The minimum atomic E-state index is -5.61. The molecule has 0 spiro atoms. The molecule has 11 heavy (non-hydrogen) atoms. The summed E-state index contributed by atoms with van der Waals surface area (Å²) in [6.07, 6.45) is 0. The van der Waals surface area contributed by atoms with Crippen molar-refractivity contribution < 1.29 is 44.1 Å². The van der Waals surface area contributed by atoms with Gasteiger partial charge in [0.2, 0.25) is 0 Å². The van der Waals surface area contributed by atoms with Crippen LogP contribution >= 0.6 is 0 Å². The molecule has 0 aromatic heterocycles. The first-order valence-electron chi connectivity index (χ1n) is 0.816. The molecular formula is BaCaMgO5SiSrZn+4. The first-order valence-corrected chi connectivity index (χ1v) is 2.45. The van der Waals surface area contributed by atoms with E-state index in [9.17, 15) is 0 Å². The summed E-state index contributed by atoms with van der Waals surface area (Å²) >= 11 is 0. The van der Waals surface area contributed by atoms with Crippen molar-refractivity contribution in [2.45, 2.75) is 0 Å². The van der Waals surface area contributed by atoms with Gasteiger partial charge < -0.3 is 33.7 Å². The minimum Gasteiger partial charge on any atom is -2.00 e. The molecule has 0 saturated heterocycles. The van der Waals surface area contributed by atoms with Crippen molar-refractivity contribution in [1.82, 2.24) is 0 Å². The van der Waals surface area contributed by atoms with Crippen LogP contribution in [0.25, 0.3) is 0 Å². The summed E-state index contributed by atoms with van der Waals surface area (Å²) in [6, 6.07) is 0. The molecule has 0 rings (SSSR count). The van der Waals surface area contributed by atoms with Crippen LogP contribution < -0.4 is 19.2 Å². The van der Waals surface area contributed by atoms with Crippen LogP contribution in [0, 0.1) is 0 Å². The molecule has 0 unspecified atom stereocenters. The smallest absolute Gasteiger partial charge is 2.00 e. The summed E-state index contributed by atoms with van der Waals surface area (Å²) < 4.78 is 0. The molecule has 0 saturated carbocycles. The fourth-order valence-corrected chi connectivity index (χ4v) is 0. The van der Waals surface area contributed by atoms with Gasteiger partial charge in [-0.05, 0) is 0 Å². The van der Waals surface area contributed by atoms with Gasteiger partial charge in [-0.25, -0.2) is 0 Å². The van der Waals surface area contributed by atoms with E-state index in [4.69, 9.17) is 19.2 Å². The number of hydrogen-bond donors (Lipinski definition) is 0.